The molecule has 21 heavy (non-hydrogen) atoms. The molecule has 1 aliphatic rings. The maximum atomic E-state index is 11.7. The first-order valence-corrected chi connectivity index (χ1v) is 6.86. The van der Waals surface area contributed by atoms with Crippen LogP contribution < -0.4 is 0 Å². The molecule has 0 aromatic heterocycles. The Labute approximate surface area is 125 Å². The number of aliphatic hydroxyl groups is 1. The van der Waals surface area contributed by atoms with Gasteiger partial charge < -0.3 is 14.6 Å². The van der Waals surface area contributed by atoms with Gasteiger partial charge in [-0.05, 0) is 40.5 Å². The van der Waals surface area contributed by atoms with Gasteiger partial charge in [-0.25, -0.2) is 9.59 Å². The van der Waals surface area contributed by atoms with E-state index in [-0.39, 0.29) is 0 Å². The fourth-order valence-corrected chi connectivity index (χ4v) is 3.00. The van der Waals surface area contributed by atoms with Crippen LogP contribution in [0, 0.1) is 0 Å². The molecule has 1 aliphatic heterocycles. The van der Waals surface area contributed by atoms with E-state index < -0.39 is 35.2 Å². The number of hydrogen-bond acceptors (Lipinski definition) is 7. The summed E-state index contributed by atoms with van der Waals surface area (Å²) in [6, 6.07) is 0. The van der Waals surface area contributed by atoms with Crippen LogP contribution in [0.1, 0.15) is 40.5 Å². The quantitative estimate of drug-likeness (QED) is 0.602. The van der Waals surface area contributed by atoms with Gasteiger partial charge >= 0.3 is 11.9 Å². The van der Waals surface area contributed by atoms with Gasteiger partial charge in [0.1, 0.15) is 0 Å². The Morgan fingerprint density at radius 3 is 1.76 bits per heavy atom. The van der Waals surface area contributed by atoms with Gasteiger partial charge in [-0.3, -0.25) is 4.84 Å². The van der Waals surface area contributed by atoms with Crippen LogP contribution in [-0.2, 0) is 23.9 Å². The fourth-order valence-electron chi connectivity index (χ4n) is 3.00. The second-order valence-corrected chi connectivity index (χ2v) is 6.51. The van der Waals surface area contributed by atoms with Crippen molar-refractivity contribution in [1.82, 2.24) is 5.06 Å². The number of methoxy groups -OCH3 is 2. The van der Waals surface area contributed by atoms with Crippen LogP contribution in [0.4, 0.5) is 0 Å². The van der Waals surface area contributed by atoms with Gasteiger partial charge in [0.2, 0.25) is 0 Å². The zero-order chi connectivity index (χ0) is 16.4. The number of rotatable bonds is 4. The molecule has 1 saturated heterocycles. The summed E-state index contributed by atoms with van der Waals surface area (Å²) >= 11 is 0. The van der Waals surface area contributed by atoms with Crippen molar-refractivity contribution in [3.05, 3.63) is 0 Å². The average Bonchev–Trinajstić information content (AvgIpc) is 2.34. The highest BCUT2D eigenvalue weighted by Crippen LogP contribution is 2.39. The largest absolute Gasteiger partial charge is 0.467 e. The lowest BCUT2D eigenvalue weighted by atomic mass is 9.80. The lowest BCUT2D eigenvalue weighted by molar-refractivity contribution is -0.308. The van der Waals surface area contributed by atoms with Crippen molar-refractivity contribution in [2.45, 2.75) is 63.8 Å². The number of piperidine rings is 1. The Bertz CT molecular complexity index is 372. The van der Waals surface area contributed by atoms with E-state index in [1.54, 1.807) is 5.06 Å². The number of aliphatic hydroxyl groups excluding tert-OH is 1. The van der Waals surface area contributed by atoms with Gasteiger partial charge in [-0.1, -0.05) is 0 Å². The summed E-state index contributed by atoms with van der Waals surface area (Å²) in [5, 5.41) is 11.6. The lowest BCUT2D eigenvalue weighted by Gasteiger charge is -2.53. The molecule has 1 heterocycles. The smallest absolute Gasteiger partial charge is 0.348 e. The molecule has 0 aromatic rings. The minimum Gasteiger partial charge on any atom is -0.467 e. The predicted molar refractivity (Wildman–Crippen MR) is 74.1 cm³/mol. The first-order chi connectivity index (χ1) is 9.55. The molecule has 0 spiro atoms. The first kappa shape index (κ1) is 17.9. The minimum absolute atomic E-state index is 0.464. The monoisotopic (exact) mass is 303 g/mol. The fraction of sp³-hybridized carbons (Fsp3) is 0.857. The Kier molecular flexibility index (Phi) is 5.35. The molecular formula is C14H25NO6. The Morgan fingerprint density at radius 1 is 1.05 bits per heavy atom. The predicted octanol–water partition coefficient (Wildman–Crippen LogP) is 0.646. The summed E-state index contributed by atoms with van der Waals surface area (Å²) < 4.78 is 9.19. The van der Waals surface area contributed by atoms with Crippen LogP contribution in [0.3, 0.4) is 0 Å². The number of nitrogens with zero attached hydrogens (tertiary/aromatic N) is 1. The number of ether oxygens (including phenoxy) is 2. The summed E-state index contributed by atoms with van der Waals surface area (Å²) in [6.07, 6.45) is -1.02. The Balaban J connectivity index is 3.04. The van der Waals surface area contributed by atoms with Gasteiger partial charge in [0, 0.05) is 11.1 Å². The maximum Gasteiger partial charge on any atom is 0.348 e. The van der Waals surface area contributed by atoms with Gasteiger partial charge in [-0.15, -0.1) is 0 Å². The maximum absolute atomic E-state index is 11.7. The van der Waals surface area contributed by atoms with Crippen molar-refractivity contribution >= 4 is 11.9 Å². The molecule has 1 rings (SSSR count). The molecule has 1 N–H and O–H groups in total. The van der Waals surface area contributed by atoms with Crippen LogP contribution in [0.25, 0.3) is 0 Å². The van der Waals surface area contributed by atoms with E-state index in [4.69, 9.17) is 4.84 Å². The molecule has 0 unspecified atom stereocenters. The minimum atomic E-state index is -1.48. The van der Waals surface area contributed by atoms with Crippen LogP contribution in [0.5, 0.6) is 0 Å². The van der Waals surface area contributed by atoms with Gasteiger partial charge in [0.25, 0.3) is 6.10 Å². The first-order valence-electron chi connectivity index (χ1n) is 6.86. The van der Waals surface area contributed by atoms with Crippen molar-refractivity contribution in [3.8, 4) is 0 Å². The van der Waals surface area contributed by atoms with Crippen LogP contribution in [-0.4, -0.2) is 59.6 Å². The van der Waals surface area contributed by atoms with Crippen molar-refractivity contribution < 1.29 is 29.0 Å². The summed E-state index contributed by atoms with van der Waals surface area (Å²) in [6.45, 7) is 7.51. The van der Waals surface area contributed by atoms with Crippen molar-refractivity contribution in [2.24, 2.45) is 0 Å². The molecule has 0 aromatic carbocycles. The molecule has 0 bridgehead atoms. The highest BCUT2D eigenvalue weighted by atomic mass is 16.7. The molecule has 0 radical (unpaired) electrons. The number of carbonyl (C=O) groups excluding carboxylic acids is 2. The SMILES string of the molecule is COC(=O)C(ON1C(C)(C)CC(O)CC1(C)C)C(=O)OC. The third-order valence-electron chi connectivity index (χ3n) is 3.61. The second-order valence-electron chi connectivity index (χ2n) is 6.51. The van der Waals surface area contributed by atoms with Gasteiger partial charge in [0.05, 0.1) is 20.3 Å². The van der Waals surface area contributed by atoms with Crippen LogP contribution >= 0.6 is 0 Å². The van der Waals surface area contributed by atoms with E-state index in [0.717, 1.165) is 0 Å². The van der Waals surface area contributed by atoms with E-state index >= 15 is 0 Å². The van der Waals surface area contributed by atoms with Crippen molar-refractivity contribution in [3.63, 3.8) is 0 Å². The lowest BCUT2D eigenvalue weighted by Crippen LogP contribution is -2.63. The number of hydroxylamine groups is 2. The third kappa shape index (κ3) is 3.93. The van der Waals surface area contributed by atoms with E-state index in [1.165, 1.54) is 14.2 Å². The molecule has 0 aliphatic carbocycles. The summed E-state index contributed by atoms with van der Waals surface area (Å²) in [4.78, 5) is 29.1. The zero-order valence-corrected chi connectivity index (χ0v) is 13.5. The molecular weight excluding hydrogens is 278 g/mol. The van der Waals surface area contributed by atoms with Crippen molar-refractivity contribution in [2.75, 3.05) is 14.2 Å². The normalized spacial score (nSPS) is 22.1. The van der Waals surface area contributed by atoms with Gasteiger partial charge in [0.15, 0.2) is 0 Å². The van der Waals surface area contributed by atoms with E-state index in [9.17, 15) is 14.7 Å². The number of esters is 2. The molecule has 0 saturated carbocycles. The van der Waals surface area contributed by atoms with Crippen LogP contribution in [0.2, 0.25) is 0 Å². The number of hydrogen-bond donors (Lipinski definition) is 1. The highest BCUT2D eigenvalue weighted by Gasteiger charge is 2.49. The summed E-state index contributed by atoms with van der Waals surface area (Å²) in [5.74, 6) is -1.64. The standard InChI is InChI=1S/C14H25NO6/c1-13(2)7-9(16)8-14(3,4)15(13)21-10(11(17)19-5)12(18)20-6/h9-10,16H,7-8H2,1-6H3. The molecule has 0 amide bonds. The Hall–Kier alpha value is -1.18. The molecule has 7 heteroatoms. The molecule has 122 valence electrons. The van der Waals surface area contributed by atoms with E-state index in [1.807, 2.05) is 27.7 Å². The van der Waals surface area contributed by atoms with Crippen LogP contribution in [0.15, 0.2) is 0 Å². The van der Waals surface area contributed by atoms with Crippen molar-refractivity contribution in [1.29, 1.82) is 0 Å². The highest BCUT2D eigenvalue weighted by molar-refractivity contribution is 5.97. The Morgan fingerprint density at radius 2 is 1.43 bits per heavy atom. The second kappa shape index (κ2) is 6.29. The van der Waals surface area contributed by atoms with E-state index in [0.29, 0.717) is 12.8 Å². The number of carbonyl (C=O) groups is 2. The zero-order valence-electron chi connectivity index (χ0n) is 13.5. The van der Waals surface area contributed by atoms with Gasteiger partial charge in [-0.2, -0.15) is 5.06 Å². The van der Waals surface area contributed by atoms with E-state index in [2.05, 4.69) is 9.47 Å². The average molecular weight is 303 g/mol. The topological polar surface area (TPSA) is 85.3 Å². The third-order valence-corrected chi connectivity index (χ3v) is 3.61. The molecule has 1 fully saturated rings. The molecule has 0 atom stereocenters. The summed E-state index contributed by atoms with van der Waals surface area (Å²) in [5.41, 5.74) is -1.11. The molecule has 7 nitrogen and oxygen atoms in total. The summed E-state index contributed by atoms with van der Waals surface area (Å²) in [7, 11) is 2.36.